The lowest BCUT2D eigenvalue weighted by atomic mass is 10.2. The standard InChI is InChI=1S/C14H14ClN3O/c1-10(13-4-2-3-9-16-13)17-14(19)18-12-7-5-11(15)6-8-12/h2-10H,1H3,(H2,17,18,19)/t10-/m0/s1. The zero-order valence-corrected chi connectivity index (χ0v) is 11.2. The van der Waals surface area contributed by atoms with Crippen molar-refractivity contribution in [2.75, 3.05) is 5.32 Å². The van der Waals surface area contributed by atoms with E-state index in [9.17, 15) is 4.79 Å². The summed E-state index contributed by atoms with van der Waals surface area (Å²) in [4.78, 5) is 16.0. The summed E-state index contributed by atoms with van der Waals surface area (Å²) in [7, 11) is 0. The number of anilines is 1. The third-order valence-corrected chi connectivity index (χ3v) is 2.83. The lowest BCUT2D eigenvalue weighted by Gasteiger charge is -2.14. The number of aromatic nitrogens is 1. The first kappa shape index (κ1) is 13.4. The SMILES string of the molecule is C[C@H](NC(=O)Nc1ccc(Cl)cc1)c1ccccn1. The van der Waals surface area contributed by atoms with Gasteiger partial charge in [0.1, 0.15) is 0 Å². The number of nitrogens with one attached hydrogen (secondary N) is 2. The molecule has 0 radical (unpaired) electrons. The van der Waals surface area contributed by atoms with Gasteiger partial charge in [-0.05, 0) is 43.3 Å². The average molecular weight is 276 g/mol. The van der Waals surface area contributed by atoms with Crippen molar-refractivity contribution < 1.29 is 4.79 Å². The third kappa shape index (κ3) is 3.96. The molecule has 5 heteroatoms. The van der Waals surface area contributed by atoms with Crippen molar-refractivity contribution >= 4 is 23.3 Å². The van der Waals surface area contributed by atoms with Gasteiger partial charge in [0.15, 0.2) is 0 Å². The predicted molar refractivity (Wildman–Crippen MR) is 76.3 cm³/mol. The van der Waals surface area contributed by atoms with E-state index in [0.717, 1.165) is 5.69 Å². The largest absolute Gasteiger partial charge is 0.330 e. The second kappa shape index (κ2) is 6.20. The van der Waals surface area contributed by atoms with Gasteiger partial charge in [-0.3, -0.25) is 4.98 Å². The smallest absolute Gasteiger partial charge is 0.319 e. The molecule has 1 atom stereocenters. The Morgan fingerprint density at radius 3 is 2.58 bits per heavy atom. The van der Waals surface area contributed by atoms with E-state index >= 15 is 0 Å². The predicted octanol–water partition coefficient (Wildman–Crippen LogP) is 3.62. The number of hydrogen-bond acceptors (Lipinski definition) is 2. The van der Waals surface area contributed by atoms with Crippen LogP contribution < -0.4 is 10.6 Å². The highest BCUT2D eigenvalue weighted by atomic mass is 35.5. The zero-order valence-electron chi connectivity index (χ0n) is 10.4. The van der Waals surface area contributed by atoms with E-state index in [0.29, 0.717) is 10.7 Å². The van der Waals surface area contributed by atoms with Gasteiger partial charge < -0.3 is 10.6 Å². The van der Waals surface area contributed by atoms with Crippen molar-refractivity contribution in [3.8, 4) is 0 Å². The summed E-state index contributed by atoms with van der Waals surface area (Å²) in [6, 6.07) is 12.1. The molecule has 19 heavy (non-hydrogen) atoms. The van der Waals surface area contributed by atoms with Crippen molar-refractivity contribution in [1.29, 1.82) is 0 Å². The van der Waals surface area contributed by atoms with Crippen LogP contribution >= 0.6 is 11.6 Å². The van der Waals surface area contributed by atoms with Crippen molar-refractivity contribution in [3.05, 3.63) is 59.4 Å². The molecule has 0 aliphatic heterocycles. The third-order valence-electron chi connectivity index (χ3n) is 2.58. The van der Waals surface area contributed by atoms with Crippen LogP contribution in [-0.2, 0) is 0 Å². The fraction of sp³-hybridized carbons (Fsp3) is 0.143. The summed E-state index contributed by atoms with van der Waals surface area (Å²) in [5.41, 5.74) is 1.50. The summed E-state index contributed by atoms with van der Waals surface area (Å²) >= 11 is 5.78. The van der Waals surface area contributed by atoms with E-state index < -0.39 is 0 Å². The molecule has 2 aromatic rings. The number of halogens is 1. The number of amides is 2. The molecule has 0 aliphatic carbocycles. The van der Waals surface area contributed by atoms with E-state index in [1.54, 1.807) is 30.5 Å². The molecule has 4 nitrogen and oxygen atoms in total. The summed E-state index contributed by atoms with van der Waals surface area (Å²) < 4.78 is 0. The highest BCUT2D eigenvalue weighted by Crippen LogP contribution is 2.14. The topological polar surface area (TPSA) is 54.0 Å². The molecular weight excluding hydrogens is 262 g/mol. The average Bonchev–Trinajstić information content (AvgIpc) is 2.42. The Hall–Kier alpha value is -2.07. The van der Waals surface area contributed by atoms with Gasteiger partial charge in [-0.15, -0.1) is 0 Å². The molecule has 1 aromatic heterocycles. The molecule has 2 amide bonds. The first-order valence-corrected chi connectivity index (χ1v) is 6.27. The Labute approximate surface area is 116 Å². The Balaban J connectivity index is 1.93. The molecule has 0 aliphatic rings. The van der Waals surface area contributed by atoms with E-state index in [1.165, 1.54) is 0 Å². The highest BCUT2D eigenvalue weighted by molar-refractivity contribution is 6.30. The molecule has 98 valence electrons. The number of nitrogens with zero attached hydrogens (tertiary/aromatic N) is 1. The van der Waals surface area contributed by atoms with Crippen LogP contribution in [0.1, 0.15) is 18.7 Å². The summed E-state index contributed by atoms with van der Waals surface area (Å²) in [5, 5.41) is 6.18. The van der Waals surface area contributed by atoms with Crippen LogP contribution in [-0.4, -0.2) is 11.0 Å². The molecule has 2 rings (SSSR count). The summed E-state index contributed by atoms with van der Waals surface area (Å²) in [6.07, 6.45) is 1.70. The van der Waals surface area contributed by atoms with Crippen LogP contribution in [0.3, 0.4) is 0 Å². The normalized spacial score (nSPS) is 11.7. The maximum absolute atomic E-state index is 11.8. The minimum absolute atomic E-state index is 0.159. The number of rotatable bonds is 3. The van der Waals surface area contributed by atoms with Gasteiger partial charge in [0.05, 0.1) is 11.7 Å². The van der Waals surface area contributed by atoms with Crippen molar-refractivity contribution in [2.45, 2.75) is 13.0 Å². The lowest BCUT2D eigenvalue weighted by Crippen LogP contribution is -2.31. The number of carbonyl (C=O) groups excluding carboxylic acids is 1. The van der Waals surface area contributed by atoms with Crippen LogP contribution in [0.25, 0.3) is 0 Å². The maximum Gasteiger partial charge on any atom is 0.319 e. The van der Waals surface area contributed by atoms with Gasteiger partial charge in [0.25, 0.3) is 0 Å². The molecule has 0 saturated carbocycles. The molecule has 0 unspecified atom stereocenters. The molecule has 1 aromatic carbocycles. The van der Waals surface area contributed by atoms with E-state index in [2.05, 4.69) is 15.6 Å². The van der Waals surface area contributed by atoms with Crippen LogP contribution in [0, 0.1) is 0 Å². The Morgan fingerprint density at radius 2 is 1.95 bits per heavy atom. The molecule has 0 saturated heterocycles. The summed E-state index contributed by atoms with van der Waals surface area (Å²) in [6.45, 7) is 1.88. The lowest BCUT2D eigenvalue weighted by molar-refractivity contribution is 0.249. The molecule has 0 bridgehead atoms. The first-order chi connectivity index (χ1) is 9.15. The second-order valence-electron chi connectivity index (χ2n) is 4.08. The monoisotopic (exact) mass is 275 g/mol. The summed E-state index contributed by atoms with van der Waals surface area (Å²) in [5.74, 6) is 0. The Morgan fingerprint density at radius 1 is 1.21 bits per heavy atom. The van der Waals surface area contributed by atoms with E-state index in [1.807, 2.05) is 25.1 Å². The number of hydrogen-bond donors (Lipinski definition) is 2. The van der Waals surface area contributed by atoms with Crippen LogP contribution in [0.4, 0.5) is 10.5 Å². The quantitative estimate of drug-likeness (QED) is 0.899. The van der Waals surface area contributed by atoms with Gasteiger partial charge in [-0.25, -0.2) is 4.79 Å². The molecular formula is C14H14ClN3O. The minimum atomic E-state index is -0.277. The first-order valence-electron chi connectivity index (χ1n) is 5.89. The van der Waals surface area contributed by atoms with Crippen molar-refractivity contribution in [1.82, 2.24) is 10.3 Å². The zero-order chi connectivity index (χ0) is 13.7. The number of urea groups is 1. The van der Waals surface area contributed by atoms with Gasteiger partial charge >= 0.3 is 6.03 Å². The highest BCUT2D eigenvalue weighted by Gasteiger charge is 2.09. The molecule has 2 N–H and O–H groups in total. The van der Waals surface area contributed by atoms with E-state index in [4.69, 9.17) is 11.6 Å². The van der Waals surface area contributed by atoms with Gasteiger partial charge in [-0.1, -0.05) is 17.7 Å². The molecule has 1 heterocycles. The fourth-order valence-electron chi connectivity index (χ4n) is 1.60. The fourth-order valence-corrected chi connectivity index (χ4v) is 1.73. The number of benzene rings is 1. The Bertz CT molecular complexity index is 542. The van der Waals surface area contributed by atoms with Crippen molar-refractivity contribution in [2.24, 2.45) is 0 Å². The maximum atomic E-state index is 11.8. The molecule has 0 fully saturated rings. The van der Waals surface area contributed by atoms with Gasteiger partial charge in [-0.2, -0.15) is 0 Å². The van der Waals surface area contributed by atoms with Crippen LogP contribution in [0.2, 0.25) is 5.02 Å². The van der Waals surface area contributed by atoms with Gasteiger partial charge in [0.2, 0.25) is 0 Å². The molecule has 0 spiro atoms. The second-order valence-corrected chi connectivity index (χ2v) is 4.52. The van der Waals surface area contributed by atoms with Crippen molar-refractivity contribution in [3.63, 3.8) is 0 Å². The van der Waals surface area contributed by atoms with Crippen LogP contribution in [0.5, 0.6) is 0 Å². The van der Waals surface area contributed by atoms with Crippen LogP contribution in [0.15, 0.2) is 48.7 Å². The van der Waals surface area contributed by atoms with E-state index in [-0.39, 0.29) is 12.1 Å². The number of carbonyl (C=O) groups is 1. The van der Waals surface area contributed by atoms with Gasteiger partial charge in [0, 0.05) is 16.9 Å². The minimum Gasteiger partial charge on any atom is -0.330 e. The number of pyridine rings is 1. The Kier molecular flexibility index (Phi) is 4.36.